The van der Waals surface area contributed by atoms with E-state index in [2.05, 4.69) is 15.4 Å². The van der Waals surface area contributed by atoms with Crippen molar-refractivity contribution in [2.45, 2.75) is 20.4 Å². The van der Waals surface area contributed by atoms with Gasteiger partial charge in [-0.15, -0.1) is 11.3 Å². The molecule has 1 amide bonds. The van der Waals surface area contributed by atoms with Crippen molar-refractivity contribution in [2.24, 2.45) is 0 Å². The molecule has 8 nitrogen and oxygen atoms in total. The zero-order valence-electron chi connectivity index (χ0n) is 16.9. The molecule has 0 atom stereocenters. The Balaban J connectivity index is 1.43. The first kappa shape index (κ1) is 20.4. The third kappa shape index (κ3) is 4.36. The number of nitro groups is 1. The van der Waals surface area contributed by atoms with Gasteiger partial charge in [-0.1, -0.05) is 12.1 Å². The van der Waals surface area contributed by atoms with Crippen LogP contribution >= 0.6 is 11.3 Å². The maximum absolute atomic E-state index is 12.6. The number of nitrogens with one attached hydrogen (secondary N) is 1. The summed E-state index contributed by atoms with van der Waals surface area (Å²) in [4.78, 5) is 27.6. The Labute approximate surface area is 182 Å². The first-order valence-corrected chi connectivity index (χ1v) is 10.4. The molecule has 156 valence electrons. The van der Waals surface area contributed by atoms with Gasteiger partial charge in [0.25, 0.3) is 5.91 Å². The second kappa shape index (κ2) is 8.49. The van der Waals surface area contributed by atoms with E-state index in [1.807, 2.05) is 41.8 Å². The normalized spacial score (nSPS) is 10.8. The molecule has 0 fully saturated rings. The van der Waals surface area contributed by atoms with Crippen LogP contribution in [0.5, 0.6) is 0 Å². The molecule has 4 rings (SSSR count). The summed E-state index contributed by atoms with van der Waals surface area (Å²) in [5.74, 6) is -0.213. The Bertz CT molecular complexity index is 1230. The number of carbonyl (C=O) groups is 1. The van der Waals surface area contributed by atoms with Gasteiger partial charge in [0.05, 0.1) is 11.5 Å². The molecule has 0 aliphatic carbocycles. The maximum atomic E-state index is 12.6. The third-order valence-corrected chi connectivity index (χ3v) is 5.72. The summed E-state index contributed by atoms with van der Waals surface area (Å²) in [7, 11) is 0. The molecule has 2 aromatic carbocycles. The van der Waals surface area contributed by atoms with Crippen LogP contribution in [0.1, 0.15) is 27.3 Å². The van der Waals surface area contributed by atoms with Gasteiger partial charge in [-0.3, -0.25) is 19.6 Å². The molecule has 2 aromatic heterocycles. The fourth-order valence-corrected chi connectivity index (χ4v) is 3.95. The van der Waals surface area contributed by atoms with Crippen molar-refractivity contribution >= 4 is 28.6 Å². The van der Waals surface area contributed by atoms with E-state index in [1.54, 1.807) is 48.2 Å². The summed E-state index contributed by atoms with van der Waals surface area (Å²) in [6.45, 7) is 3.69. The molecule has 0 aliphatic rings. The molecule has 0 radical (unpaired) electrons. The van der Waals surface area contributed by atoms with E-state index in [1.165, 1.54) is 0 Å². The Morgan fingerprint density at radius 3 is 2.42 bits per heavy atom. The van der Waals surface area contributed by atoms with E-state index in [0.717, 1.165) is 16.1 Å². The highest BCUT2D eigenvalue weighted by Crippen LogP contribution is 2.24. The molecule has 2 heterocycles. The largest absolute Gasteiger partial charge is 0.322 e. The molecule has 0 saturated heterocycles. The van der Waals surface area contributed by atoms with Crippen molar-refractivity contribution < 1.29 is 9.72 Å². The number of nitrogens with zero attached hydrogens (tertiary/aromatic N) is 4. The molecule has 4 aromatic rings. The monoisotopic (exact) mass is 433 g/mol. The number of hydrogen-bond acceptors (Lipinski definition) is 6. The SMILES string of the molecule is Cc1nn(Cc2ccc(C(=O)Nc3ccc(-c4nccs4)cc3)cc2)c(C)c1[N+](=O)[O-]. The molecule has 0 saturated carbocycles. The van der Waals surface area contributed by atoms with Crippen LogP contribution in [0.3, 0.4) is 0 Å². The molecule has 0 bridgehead atoms. The molecule has 0 aliphatic heterocycles. The van der Waals surface area contributed by atoms with Gasteiger partial charge in [-0.05, 0) is 55.8 Å². The number of benzene rings is 2. The topological polar surface area (TPSA) is 103 Å². The number of thiazole rings is 1. The van der Waals surface area contributed by atoms with Gasteiger partial charge < -0.3 is 5.32 Å². The van der Waals surface area contributed by atoms with Gasteiger partial charge >= 0.3 is 5.69 Å². The van der Waals surface area contributed by atoms with Crippen molar-refractivity contribution in [2.75, 3.05) is 5.32 Å². The quantitative estimate of drug-likeness (QED) is 0.346. The van der Waals surface area contributed by atoms with Crippen molar-refractivity contribution in [3.05, 3.63) is 92.7 Å². The first-order valence-electron chi connectivity index (χ1n) is 9.51. The van der Waals surface area contributed by atoms with Gasteiger partial charge in [-0.2, -0.15) is 5.10 Å². The predicted octanol–water partition coefficient (Wildman–Crippen LogP) is 4.83. The maximum Gasteiger partial charge on any atom is 0.312 e. The Morgan fingerprint density at radius 2 is 1.84 bits per heavy atom. The van der Waals surface area contributed by atoms with E-state index in [0.29, 0.717) is 29.2 Å². The molecule has 0 spiro atoms. The molecule has 31 heavy (non-hydrogen) atoms. The van der Waals surface area contributed by atoms with Crippen molar-refractivity contribution in [1.29, 1.82) is 0 Å². The number of aromatic nitrogens is 3. The van der Waals surface area contributed by atoms with Crippen LogP contribution in [-0.4, -0.2) is 25.6 Å². The van der Waals surface area contributed by atoms with Gasteiger partial charge in [0.1, 0.15) is 16.4 Å². The van der Waals surface area contributed by atoms with Crippen LogP contribution in [0.2, 0.25) is 0 Å². The van der Waals surface area contributed by atoms with E-state index in [9.17, 15) is 14.9 Å². The van der Waals surface area contributed by atoms with Crippen LogP contribution in [-0.2, 0) is 6.54 Å². The van der Waals surface area contributed by atoms with Crippen molar-refractivity contribution in [3.8, 4) is 10.6 Å². The second-order valence-electron chi connectivity index (χ2n) is 7.00. The fraction of sp³-hybridized carbons (Fsp3) is 0.136. The lowest BCUT2D eigenvalue weighted by Gasteiger charge is -2.08. The van der Waals surface area contributed by atoms with Crippen LogP contribution in [0, 0.1) is 24.0 Å². The molecule has 9 heteroatoms. The zero-order valence-corrected chi connectivity index (χ0v) is 17.7. The van der Waals surface area contributed by atoms with Crippen molar-refractivity contribution in [3.63, 3.8) is 0 Å². The van der Waals surface area contributed by atoms with Gasteiger partial charge in [-0.25, -0.2) is 4.98 Å². The van der Waals surface area contributed by atoms with Gasteiger partial charge in [0.15, 0.2) is 0 Å². The summed E-state index contributed by atoms with van der Waals surface area (Å²) in [6.07, 6.45) is 1.76. The van der Waals surface area contributed by atoms with E-state index >= 15 is 0 Å². The van der Waals surface area contributed by atoms with E-state index in [4.69, 9.17) is 0 Å². The number of hydrogen-bond donors (Lipinski definition) is 1. The summed E-state index contributed by atoms with van der Waals surface area (Å²) < 4.78 is 1.60. The minimum atomic E-state index is -0.412. The Morgan fingerprint density at radius 1 is 1.13 bits per heavy atom. The predicted molar refractivity (Wildman–Crippen MR) is 119 cm³/mol. The highest BCUT2D eigenvalue weighted by Gasteiger charge is 2.21. The van der Waals surface area contributed by atoms with Crippen molar-refractivity contribution in [1.82, 2.24) is 14.8 Å². The van der Waals surface area contributed by atoms with Crippen LogP contribution < -0.4 is 5.32 Å². The fourth-order valence-electron chi connectivity index (χ4n) is 3.31. The summed E-state index contributed by atoms with van der Waals surface area (Å²) in [6, 6.07) is 14.6. The lowest BCUT2D eigenvalue weighted by Crippen LogP contribution is -2.12. The second-order valence-corrected chi connectivity index (χ2v) is 7.89. The number of anilines is 1. The van der Waals surface area contributed by atoms with E-state index in [-0.39, 0.29) is 11.6 Å². The van der Waals surface area contributed by atoms with Crippen LogP contribution in [0.4, 0.5) is 11.4 Å². The third-order valence-electron chi connectivity index (χ3n) is 4.90. The van der Waals surface area contributed by atoms with Gasteiger partial charge in [0, 0.05) is 28.4 Å². The highest BCUT2D eigenvalue weighted by atomic mass is 32.1. The Kier molecular flexibility index (Phi) is 5.59. The first-order chi connectivity index (χ1) is 14.9. The molecular formula is C22H19N5O3S. The molecule has 0 unspecified atom stereocenters. The number of aryl methyl sites for hydroxylation is 1. The summed E-state index contributed by atoms with van der Waals surface area (Å²) >= 11 is 1.56. The number of amides is 1. The smallest absolute Gasteiger partial charge is 0.312 e. The zero-order chi connectivity index (χ0) is 22.0. The number of rotatable bonds is 6. The Hall–Kier alpha value is -3.85. The standard InChI is InChI=1S/C22H19N5O3S/c1-14-20(27(29)30)15(2)26(25-14)13-16-3-5-17(6-4-16)21(28)24-19-9-7-18(8-10-19)22-23-11-12-31-22/h3-12H,13H2,1-2H3,(H,24,28). The minimum absolute atomic E-state index is 0.0388. The number of carbonyl (C=O) groups excluding carboxylic acids is 1. The summed E-state index contributed by atoms with van der Waals surface area (Å²) in [5, 5.41) is 21.2. The summed E-state index contributed by atoms with van der Waals surface area (Å²) in [5.41, 5.74) is 4.05. The lowest BCUT2D eigenvalue weighted by molar-refractivity contribution is -0.386. The highest BCUT2D eigenvalue weighted by molar-refractivity contribution is 7.13. The minimum Gasteiger partial charge on any atom is -0.322 e. The van der Waals surface area contributed by atoms with Crippen LogP contribution in [0.25, 0.3) is 10.6 Å². The molecular weight excluding hydrogens is 414 g/mol. The lowest BCUT2D eigenvalue weighted by atomic mass is 10.1. The average molecular weight is 433 g/mol. The van der Waals surface area contributed by atoms with E-state index < -0.39 is 4.92 Å². The average Bonchev–Trinajstić information content (AvgIpc) is 3.37. The molecule has 1 N–H and O–H groups in total. The van der Waals surface area contributed by atoms with Gasteiger partial charge in [0.2, 0.25) is 0 Å². The van der Waals surface area contributed by atoms with Crippen LogP contribution in [0.15, 0.2) is 60.1 Å².